The van der Waals surface area contributed by atoms with Crippen molar-refractivity contribution in [3.05, 3.63) is 11.9 Å². The average Bonchev–Trinajstić information content (AvgIpc) is 2.88. The van der Waals surface area contributed by atoms with E-state index >= 15 is 0 Å². The molecule has 4 rings (SSSR count). The molecule has 0 bridgehead atoms. The number of nitrogens with one attached hydrogen (secondary N) is 6. The summed E-state index contributed by atoms with van der Waals surface area (Å²) in [5, 5.41) is 20.1. The Bertz CT molecular complexity index is 1070. The van der Waals surface area contributed by atoms with Crippen LogP contribution < -0.4 is 37.9 Å². The number of nitrogens with zero attached hydrogens (tertiary/aromatic N) is 4. The van der Waals surface area contributed by atoms with Gasteiger partial charge in [-0.1, -0.05) is 18.6 Å². The van der Waals surface area contributed by atoms with E-state index in [1.165, 1.54) is 0 Å². The molecule has 8 N–H and O–H groups in total. The van der Waals surface area contributed by atoms with Gasteiger partial charge in [0.1, 0.15) is 11.7 Å². The van der Waals surface area contributed by atoms with Crippen LogP contribution in [0.15, 0.2) is 16.9 Å². The molecule has 284 valence electrons. The number of hydrazine groups is 3. The Morgan fingerprint density at radius 1 is 0.714 bits per heavy atom. The van der Waals surface area contributed by atoms with Crippen molar-refractivity contribution in [2.75, 3.05) is 32.7 Å². The van der Waals surface area contributed by atoms with Crippen molar-refractivity contribution in [2.24, 2.45) is 10.7 Å². The van der Waals surface area contributed by atoms with Gasteiger partial charge in [-0.3, -0.25) is 15.8 Å². The first-order valence-electron chi connectivity index (χ1n) is 19.5. The van der Waals surface area contributed by atoms with Gasteiger partial charge in [0.05, 0.1) is 6.54 Å². The zero-order valence-corrected chi connectivity index (χ0v) is 33.9. The molecule has 0 atom stereocenters. The zero-order chi connectivity index (χ0) is 36.5. The van der Waals surface area contributed by atoms with Gasteiger partial charge in [-0.15, -0.1) is 0 Å². The molecule has 0 aromatic rings. The van der Waals surface area contributed by atoms with Crippen LogP contribution in [0.3, 0.4) is 0 Å². The third-order valence-electron chi connectivity index (χ3n) is 10.6. The summed E-state index contributed by atoms with van der Waals surface area (Å²) in [5.41, 5.74) is 13.7. The number of unbranched alkanes of at least 4 members (excludes halogenated alkanes) is 1. The molecule has 11 heteroatoms. The topological polar surface area (TPSA) is 120 Å². The van der Waals surface area contributed by atoms with Gasteiger partial charge in [0.15, 0.2) is 0 Å². The fourth-order valence-electron chi connectivity index (χ4n) is 10.1. The van der Waals surface area contributed by atoms with Crippen molar-refractivity contribution in [1.29, 1.82) is 0 Å². The molecule has 49 heavy (non-hydrogen) atoms. The van der Waals surface area contributed by atoms with Gasteiger partial charge >= 0.3 is 0 Å². The SMILES string of the molecule is CCCCN(C1CC(C)(C)NC(C)(C)C1)N1NC(N(C2CC(C)(C)NC(C)(C)C2)C2CC(C)(C)NC(C)(C)C2)=CC(=NCCNCCN)N1. The minimum Gasteiger partial charge on any atom is -0.351 e. The van der Waals surface area contributed by atoms with Crippen LogP contribution in [0.25, 0.3) is 0 Å². The van der Waals surface area contributed by atoms with Gasteiger partial charge in [0.2, 0.25) is 0 Å². The van der Waals surface area contributed by atoms with Crippen LogP contribution in [0.5, 0.6) is 0 Å². The van der Waals surface area contributed by atoms with Crippen LogP contribution in [-0.4, -0.2) is 105 Å². The molecule has 3 fully saturated rings. The summed E-state index contributed by atoms with van der Waals surface area (Å²) in [6.45, 7) is 34.6. The molecule has 0 aliphatic carbocycles. The maximum Gasteiger partial charge on any atom is 0.141 e. The lowest BCUT2D eigenvalue weighted by molar-refractivity contribution is -0.146. The fourth-order valence-corrected chi connectivity index (χ4v) is 10.1. The monoisotopic (exact) mass is 688 g/mol. The van der Waals surface area contributed by atoms with Gasteiger partial charge in [-0.25, -0.2) is 5.01 Å². The van der Waals surface area contributed by atoms with Crippen LogP contribution in [0.1, 0.15) is 141 Å². The van der Waals surface area contributed by atoms with Gasteiger partial charge in [-0.05, 0) is 128 Å². The van der Waals surface area contributed by atoms with E-state index in [1.807, 2.05) is 0 Å². The Balaban J connectivity index is 1.80. The van der Waals surface area contributed by atoms with Crippen molar-refractivity contribution >= 4 is 5.84 Å². The maximum absolute atomic E-state index is 5.76. The van der Waals surface area contributed by atoms with Crippen molar-refractivity contribution in [3.8, 4) is 0 Å². The number of hydrogen-bond donors (Lipinski definition) is 7. The van der Waals surface area contributed by atoms with Gasteiger partial charge in [-0.2, -0.15) is 0 Å². The molecule has 0 unspecified atom stereocenters. The Morgan fingerprint density at radius 3 is 1.59 bits per heavy atom. The molecule has 0 amide bonds. The molecule has 4 heterocycles. The van der Waals surface area contributed by atoms with Crippen molar-refractivity contribution in [2.45, 2.75) is 193 Å². The van der Waals surface area contributed by atoms with E-state index in [1.54, 1.807) is 0 Å². The molecule has 0 radical (unpaired) electrons. The van der Waals surface area contributed by atoms with Gasteiger partial charge in [0.25, 0.3) is 0 Å². The van der Waals surface area contributed by atoms with Crippen LogP contribution in [0.2, 0.25) is 0 Å². The lowest BCUT2D eigenvalue weighted by atomic mass is 9.75. The predicted molar refractivity (Wildman–Crippen MR) is 207 cm³/mol. The van der Waals surface area contributed by atoms with Crippen LogP contribution in [-0.2, 0) is 0 Å². The van der Waals surface area contributed by atoms with E-state index in [-0.39, 0.29) is 33.2 Å². The Labute approximate surface area is 300 Å². The number of rotatable bonds is 13. The van der Waals surface area contributed by atoms with Crippen LogP contribution in [0.4, 0.5) is 0 Å². The van der Waals surface area contributed by atoms with E-state index < -0.39 is 0 Å². The fraction of sp³-hybridized carbons (Fsp3) is 0.921. The predicted octanol–water partition coefficient (Wildman–Crippen LogP) is 4.35. The second-order valence-corrected chi connectivity index (χ2v) is 19.7. The standard InChI is InChI=1S/C38H77N11/c1-14-15-20-47(28-22-33(2,3)44-34(4,5)23-28)49-42-31(41-19-18-40-17-16-39)21-32(43-49)48(29-24-35(6,7)45-36(8,9)25-29)30-26-37(10,11)46-38(12,13)27-30/h21,28-30,40,43-46H,14-20,22-27,39H2,1-13H3,(H,41,42). The summed E-state index contributed by atoms with van der Waals surface area (Å²) in [6, 6.07) is 1.06. The molecular formula is C38H77N11. The first-order chi connectivity index (χ1) is 22.5. The normalized spacial score (nSPS) is 27.8. The van der Waals surface area contributed by atoms with Gasteiger partial charge < -0.3 is 31.9 Å². The Hall–Kier alpha value is -1.47. The minimum atomic E-state index is 0.0147. The first-order valence-corrected chi connectivity index (χ1v) is 19.5. The summed E-state index contributed by atoms with van der Waals surface area (Å²) in [7, 11) is 0. The van der Waals surface area contributed by atoms with E-state index in [0.717, 1.165) is 82.7 Å². The third-order valence-corrected chi connectivity index (χ3v) is 10.6. The zero-order valence-electron chi connectivity index (χ0n) is 33.9. The molecule has 4 aliphatic heterocycles. The lowest BCUT2D eigenvalue weighted by Gasteiger charge is -2.57. The highest BCUT2D eigenvalue weighted by Crippen LogP contribution is 2.40. The summed E-state index contributed by atoms with van der Waals surface area (Å²) >= 11 is 0. The number of nitrogens with two attached hydrogens (primary N) is 1. The quantitative estimate of drug-likeness (QED) is 0.141. The Morgan fingerprint density at radius 2 is 1.16 bits per heavy atom. The molecule has 3 saturated heterocycles. The van der Waals surface area contributed by atoms with Crippen LogP contribution >= 0.6 is 0 Å². The maximum atomic E-state index is 5.76. The molecule has 0 saturated carbocycles. The first kappa shape index (κ1) is 40.3. The highest BCUT2D eigenvalue weighted by molar-refractivity contribution is 5.93. The average molecular weight is 688 g/mol. The number of hydrogen-bond acceptors (Lipinski definition) is 10. The number of piperidine rings is 3. The number of amidine groups is 1. The molecule has 0 spiro atoms. The van der Waals surface area contributed by atoms with Gasteiger partial charge in [0, 0.05) is 83.6 Å². The highest BCUT2D eigenvalue weighted by atomic mass is 16.0. The largest absolute Gasteiger partial charge is 0.351 e. The molecule has 0 aromatic heterocycles. The molecule has 4 aliphatic rings. The van der Waals surface area contributed by atoms with E-state index in [2.05, 4.69) is 143 Å². The molecular weight excluding hydrogens is 610 g/mol. The summed E-state index contributed by atoms with van der Waals surface area (Å²) in [5.74, 6) is 2.06. The number of aliphatic imine (C=N–C) groups is 1. The van der Waals surface area contributed by atoms with E-state index in [0.29, 0.717) is 31.2 Å². The lowest BCUT2D eigenvalue weighted by Crippen LogP contribution is -2.72. The molecule has 11 nitrogen and oxygen atoms in total. The molecule has 0 aromatic carbocycles. The second kappa shape index (κ2) is 15.2. The van der Waals surface area contributed by atoms with E-state index in [4.69, 9.17) is 10.7 Å². The summed E-state index contributed by atoms with van der Waals surface area (Å²) in [6.07, 6.45) is 11.0. The smallest absolute Gasteiger partial charge is 0.141 e. The van der Waals surface area contributed by atoms with Crippen molar-refractivity contribution < 1.29 is 0 Å². The Kier molecular flexibility index (Phi) is 12.5. The van der Waals surface area contributed by atoms with Crippen LogP contribution in [0, 0.1) is 0 Å². The van der Waals surface area contributed by atoms with Crippen molar-refractivity contribution in [3.63, 3.8) is 0 Å². The van der Waals surface area contributed by atoms with E-state index in [9.17, 15) is 0 Å². The summed E-state index contributed by atoms with van der Waals surface area (Å²) < 4.78 is 0. The highest BCUT2D eigenvalue weighted by Gasteiger charge is 2.48. The summed E-state index contributed by atoms with van der Waals surface area (Å²) in [4.78, 5) is 7.95. The second-order valence-electron chi connectivity index (χ2n) is 19.7. The minimum absolute atomic E-state index is 0.0147. The third kappa shape index (κ3) is 11.5. The van der Waals surface area contributed by atoms with Crippen molar-refractivity contribution in [1.82, 2.24) is 47.3 Å².